The highest BCUT2D eigenvalue weighted by Crippen LogP contribution is 2.23. The Hall–Kier alpha value is -2.07. The summed E-state index contributed by atoms with van der Waals surface area (Å²) in [5.74, 6) is -0.800. The monoisotopic (exact) mass is 353 g/mol. The first kappa shape index (κ1) is 17.0. The second kappa shape index (κ2) is 8.97. The van der Waals surface area contributed by atoms with E-state index in [2.05, 4.69) is 26.6 Å². The number of benzene rings is 1. The minimum absolute atomic E-state index is 0.157. The highest BCUT2D eigenvalue weighted by molar-refractivity contribution is 9.10. The summed E-state index contributed by atoms with van der Waals surface area (Å²) in [5.41, 5.74) is 1.09. The first-order valence-corrected chi connectivity index (χ1v) is 7.28. The Morgan fingerprint density at radius 1 is 1.29 bits per heavy atom. The largest absolute Gasteiger partial charge is 0.481 e. The molecule has 3 N–H and O–H groups in total. The number of aliphatic carboxylic acids is 1. The van der Waals surface area contributed by atoms with Crippen LogP contribution in [0.4, 0.5) is 10.5 Å². The van der Waals surface area contributed by atoms with Gasteiger partial charge in [0, 0.05) is 17.4 Å². The predicted octanol–water partition coefficient (Wildman–Crippen LogP) is 3.09. The average molecular weight is 354 g/mol. The number of amides is 2. The molecule has 0 saturated carbocycles. The number of unbranched alkanes of at least 4 members (excludes halogenated alkanes) is 2. The highest BCUT2D eigenvalue weighted by atomic mass is 79.9. The summed E-state index contributed by atoms with van der Waals surface area (Å²) in [6, 6.07) is 6.57. The molecular formula is C14H16BrN3O3. The van der Waals surface area contributed by atoms with E-state index in [9.17, 15) is 9.59 Å². The number of carboxylic acid groups (broad SMARTS) is 1. The molecule has 0 fully saturated rings. The Morgan fingerprint density at radius 2 is 2.05 bits per heavy atom. The van der Waals surface area contributed by atoms with E-state index in [0.717, 1.165) is 12.8 Å². The number of nitriles is 1. The standard InChI is InChI=1S/C14H16BrN3O3/c15-11-8-10(9-16)5-6-12(11)18-14(21)17-7-3-1-2-4-13(19)20/h5-6,8H,1-4,7H2,(H,19,20)(H2,17,18,21). The molecule has 0 aliphatic heterocycles. The molecule has 0 radical (unpaired) electrons. The zero-order valence-corrected chi connectivity index (χ0v) is 12.9. The molecule has 2 amide bonds. The Labute approximate surface area is 131 Å². The minimum Gasteiger partial charge on any atom is -0.481 e. The second-order valence-corrected chi connectivity index (χ2v) is 5.25. The number of carbonyl (C=O) groups excluding carboxylic acids is 1. The Kier molecular flexibility index (Phi) is 7.26. The number of nitrogens with one attached hydrogen (secondary N) is 2. The summed E-state index contributed by atoms with van der Waals surface area (Å²) >= 11 is 3.28. The Bertz CT molecular complexity index is 555. The van der Waals surface area contributed by atoms with Crippen LogP contribution >= 0.6 is 15.9 Å². The number of hydrogen-bond acceptors (Lipinski definition) is 3. The molecule has 0 saturated heterocycles. The zero-order valence-electron chi connectivity index (χ0n) is 11.4. The number of rotatable bonds is 7. The van der Waals surface area contributed by atoms with Crippen molar-refractivity contribution in [2.75, 3.05) is 11.9 Å². The van der Waals surface area contributed by atoms with Gasteiger partial charge in [-0.25, -0.2) is 4.79 Å². The summed E-state index contributed by atoms with van der Waals surface area (Å²) in [7, 11) is 0. The van der Waals surface area contributed by atoms with Gasteiger partial charge in [-0.1, -0.05) is 6.42 Å². The summed E-state index contributed by atoms with van der Waals surface area (Å²) in [4.78, 5) is 22.0. The maximum atomic E-state index is 11.7. The molecule has 21 heavy (non-hydrogen) atoms. The van der Waals surface area contributed by atoms with Gasteiger partial charge in [0.15, 0.2) is 0 Å². The maximum Gasteiger partial charge on any atom is 0.319 e. The van der Waals surface area contributed by atoms with Crippen LogP contribution in [0.25, 0.3) is 0 Å². The summed E-state index contributed by atoms with van der Waals surface area (Å²) < 4.78 is 0.637. The molecular weight excluding hydrogens is 338 g/mol. The van der Waals surface area contributed by atoms with Gasteiger partial charge < -0.3 is 15.7 Å². The molecule has 1 rings (SSSR count). The van der Waals surface area contributed by atoms with Crippen molar-refractivity contribution in [3.63, 3.8) is 0 Å². The fourth-order valence-corrected chi connectivity index (χ4v) is 2.11. The summed E-state index contributed by atoms with van der Waals surface area (Å²) in [6.07, 6.45) is 2.26. The molecule has 0 bridgehead atoms. The van der Waals surface area contributed by atoms with E-state index in [1.54, 1.807) is 18.2 Å². The van der Waals surface area contributed by atoms with Crippen LogP contribution in [0.15, 0.2) is 22.7 Å². The van der Waals surface area contributed by atoms with Crippen LogP contribution < -0.4 is 10.6 Å². The van der Waals surface area contributed by atoms with Crippen LogP contribution in [-0.2, 0) is 4.79 Å². The van der Waals surface area contributed by atoms with Crippen LogP contribution in [0.5, 0.6) is 0 Å². The topological polar surface area (TPSA) is 102 Å². The molecule has 0 aliphatic carbocycles. The second-order valence-electron chi connectivity index (χ2n) is 4.39. The van der Waals surface area contributed by atoms with Gasteiger partial charge in [-0.2, -0.15) is 5.26 Å². The van der Waals surface area contributed by atoms with Crippen molar-refractivity contribution in [2.24, 2.45) is 0 Å². The van der Waals surface area contributed by atoms with Crippen molar-refractivity contribution in [3.05, 3.63) is 28.2 Å². The van der Waals surface area contributed by atoms with Gasteiger partial charge in [-0.15, -0.1) is 0 Å². The first-order valence-electron chi connectivity index (χ1n) is 6.49. The smallest absolute Gasteiger partial charge is 0.319 e. The third-order valence-corrected chi connectivity index (χ3v) is 3.36. The van der Waals surface area contributed by atoms with Crippen molar-refractivity contribution in [1.29, 1.82) is 5.26 Å². The molecule has 1 aromatic rings. The van der Waals surface area contributed by atoms with Crippen LogP contribution in [0.3, 0.4) is 0 Å². The quantitative estimate of drug-likeness (QED) is 0.655. The molecule has 1 aromatic carbocycles. The molecule has 7 heteroatoms. The van der Waals surface area contributed by atoms with Crippen molar-refractivity contribution >= 4 is 33.6 Å². The van der Waals surface area contributed by atoms with E-state index < -0.39 is 5.97 Å². The van der Waals surface area contributed by atoms with E-state index in [-0.39, 0.29) is 12.5 Å². The first-order chi connectivity index (χ1) is 10.0. The van der Waals surface area contributed by atoms with E-state index in [4.69, 9.17) is 10.4 Å². The molecule has 0 spiro atoms. The van der Waals surface area contributed by atoms with E-state index >= 15 is 0 Å². The van der Waals surface area contributed by atoms with Crippen molar-refractivity contribution in [2.45, 2.75) is 25.7 Å². The number of urea groups is 1. The lowest BCUT2D eigenvalue weighted by Crippen LogP contribution is -2.29. The van der Waals surface area contributed by atoms with Gasteiger partial charge in [-0.3, -0.25) is 4.79 Å². The van der Waals surface area contributed by atoms with Crippen molar-refractivity contribution in [3.8, 4) is 6.07 Å². The highest BCUT2D eigenvalue weighted by Gasteiger charge is 2.05. The molecule has 0 heterocycles. The zero-order chi connectivity index (χ0) is 15.7. The predicted molar refractivity (Wildman–Crippen MR) is 82.0 cm³/mol. The lowest BCUT2D eigenvalue weighted by molar-refractivity contribution is -0.137. The summed E-state index contributed by atoms with van der Waals surface area (Å²) in [6.45, 7) is 0.485. The molecule has 112 valence electrons. The Morgan fingerprint density at radius 3 is 2.67 bits per heavy atom. The van der Waals surface area contributed by atoms with E-state index in [0.29, 0.717) is 28.7 Å². The molecule has 0 unspecified atom stereocenters. The summed E-state index contributed by atoms with van der Waals surface area (Å²) in [5, 5.41) is 22.6. The number of hydrogen-bond donors (Lipinski definition) is 3. The van der Waals surface area contributed by atoms with Crippen LogP contribution in [0.2, 0.25) is 0 Å². The minimum atomic E-state index is -0.800. The SMILES string of the molecule is N#Cc1ccc(NC(=O)NCCCCCC(=O)O)c(Br)c1. The van der Waals surface area contributed by atoms with Gasteiger partial charge in [-0.05, 0) is 47.0 Å². The van der Waals surface area contributed by atoms with E-state index in [1.807, 2.05) is 6.07 Å². The fraction of sp³-hybridized carbons (Fsp3) is 0.357. The van der Waals surface area contributed by atoms with Crippen LogP contribution in [-0.4, -0.2) is 23.7 Å². The van der Waals surface area contributed by atoms with Gasteiger partial charge in [0.1, 0.15) is 0 Å². The number of carboxylic acids is 1. The average Bonchev–Trinajstić information content (AvgIpc) is 2.44. The molecule has 0 aromatic heterocycles. The lowest BCUT2D eigenvalue weighted by atomic mass is 10.2. The molecule has 0 aliphatic rings. The molecule has 0 atom stereocenters. The number of anilines is 1. The lowest BCUT2D eigenvalue weighted by Gasteiger charge is -2.09. The number of halogens is 1. The van der Waals surface area contributed by atoms with Gasteiger partial charge in [0.05, 0.1) is 17.3 Å². The third kappa shape index (κ3) is 6.77. The third-order valence-electron chi connectivity index (χ3n) is 2.70. The number of carbonyl (C=O) groups is 2. The van der Waals surface area contributed by atoms with Crippen LogP contribution in [0, 0.1) is 11.3 Å². The Balaban J connectivity index is 2.28. The van der Waals surface area contributed by atoms with Gasteiger partial charge in [0.25, 0.3) is 0 Å². The maximum absolute atomic E-state index is 11.7. The van der Waals surface area contributed by atoms with Crippen molar-refractivity contribution < 1.29 is 14.7 Å². The van der Waals surface area contributed by atoms with Crippen LogP contribution in [0.1, 0.15) is 31.2 Å². The normalized spacial score (nSPS) is 9.71. The number of nitrogens with zero attached hydrogens (tertiary/aromatic N) is 1. The molecule has 6 nitrogen and oxygen atoms in total. The van der Waals surface area contributed by atoms with Crippen molar-refractivity contribution in [1.82, 2.24) is 5.32 Å². The van der Waals surface area contributed by atoms with E-state index in [1.165, 1.54) is 0 Å². The van der Waals surface area contributed by atoms with Gasteiger partial charge in [0.2, 0.25) is 0 Å². The van der Waals surface area contributed by atoms with Gasteiger partial charge >= 0.3 is 12.0 Å². The fourth-order valence-electron chi connectivity index (χ4n) is 1.63.